The summed E-state index contributed by atoms with van der Waals surface area (Å²) in [7, 11) is 1.58. The number of aryl methyl sites for hydroxylation is 2. The molecule has 8 nitrogen and oxygen atoms in total. The molecular formula is C24H29FN6O2. The first-order valence-corrected chi connectivity index (χ1v) is 11.2. The van der Waals surface area contributed by atoms with Crippen LogP contribution in [-0.4, -0.2) is 63.8 Å². The van der Waals surface area contributed by atoms with Gasteiger partial charge in [0.25, 0.3) is 0 Å². The summed E-state index contributed by atoms with van der Waals surface area (Å²) in [6.07, 6.45) is 3.44. The number of hydrogen-bond acceptors (Lipinski definition) is 6. The van der Waals surface area contributed by atoms with Gasteiger partial charge in [-0.3, -0.25) is 9.48 Å². The van der Waals surface area contributed by atoms with Crippen molar-refractivity contribution in [3.8, 4) is 17.1 Å². The molecule has 3 aromatic rings. The number of halogens is 1. The van der Waals surface area contributed by atoms with Gasteiger partial charge in [0.05, 0.1) is 12.8 Å². The zero-order valence-corrected chi connectivity index (χ0v) is 19.3. The van der Waals surface area contributed by atoms with Gasteiger partial charge in [0.15, 0.2) is 0 Å². The largest absolute Gasteiger partial charge is 0.481 e. The Balaban J connectivity index is 1.43. The van der Waals surface area contributed by atoms with Crippen LogP contribution in [0.15, 0.2) is 36.5 Å². The molecule has 1 fully saturated rings. The molecule has 0 bridgehead atoms. The van der Waals surface area contributed by atoms with Crippen molar-refractivity contribution in [3.05, 3.63) is 53.6 Å². The molecule has 1 aliphatic heterocycles. The second-order valence-electron chi connectivity index (χ2n) is 8.16. The van der Waals surface area contributed by atoms with E-state index in [4.69, 9.17) is 4.74 Å². The normalized spacial score (nSPS) is 13.9. The van der Waals surface area contributed by atoms with Gasteiger partial charge in [-0.15, -0.1) is 0 Å². The maximum Gasteiger partial charge on any atom is 0.244 e. The minimum absolute atomic E-state index is 0.0310. The Morgan fingerprint density at radius 3 is 2.64 bits per heavy atom. The Kier molecular flexibility index (Phi) is 6.86. The summed E-state index contributed by atoms with van der Waals surface area (Å²) in [4.78, 5) is 25.7. The van der Waals surface area contributed by atoms with E-state index in [1.165, 1.54) is 6.07 Å². The van der Waals surface area contributed by atoms with E-state index in [0.29, 0.717) is 43.6 Å². The minimum atomic E-state index is -0.236. The fourth-order valence-electron chi connectivity index (χ4n) is 3.98. The van der Waals surface area contributed by atoms with Gasteiger partial charge < -0.3 is 14.5 Å². The lowest BCUT2D eigenvalue weighted by molar-refractivity contribution is -0.132. The number of aromatic nitrogens is 4. The maximum atomic E-state index is 13.7. The fourth-order valence-corrected chi connectivity index (χ4v) is 3.98. The molecule has 0 N–H and O–H groups in total. The molecule has 4 rings (SSSR count). The topological polar surface area (TPSA) is 76.4 Å². The van der Waals surface area contributed by atoms with Gasteiger partial charge in [-0.2, -0.15) is 10.1 Å². The third kappa shape index (κ3) is 5.13. The predicted octanol–water partition coefficient (Wildman–Crippen LogP) is 3.10. The number of ether oxygens (including phenoxy) is 1. The van der Waals surface area contributed by atoms with Gasteiger partial charge in [0, 0.05) is 49.7 Å². The van der Waals surface area contributed by atoms with E-state index in [2.05, 4.69) is 26.9 Å². The summed E-state index contributed by atoms with van der Waals surface area (Å²) in [5.74, 6) is 0.926. The van der Waals surface area contributed by atoms with Crippen LogP contribution in [0, 0.1) is 12.7 Å². The Morgan fingerprint density at radius 1 is 1.15 bits per heavy atom. The van der Waals surface area contributed by atoms with Crippen molar-refractivity contribution >= 4 is 11.9 Å². The van der Waals surface area contributed by atoms with E-state index in [9.17, 15) is 9.18 Å². The van der Waals surface area contributed by atoms with Crippen LogP contribution in [-0.2, 0) is 17.8 Å². The van der Waals surface area contributed by atoms with Crippen molar-refractivity contribution < 1.29 is 13.9 Å². The Hall–Kier alpha value is -3.49. The van der Waals surface area contributed by atoms with Crippen LogP contribution in [0.1, 0.15) is 24.6 Å². The number of anilines is 1. The number of carbonyl (C=O) groups excluding carboxylic acids is 1. The standard InChI is InChI=1S/C24H29FN6O2/c1-4-5-19-15-21(18-6-7-20(25)17(2)14-18)28-31(19)16-23(32)29-10-12-30(13-11-29)24-26-9-8-22(27-24)33-3/h6-9,14-15H,4-5,10-13,16H2,1-3H3. The summed E-state index contributed by atoms with van der Waals surface area (Å²) >= 11 is 0. The number of benzene rings is 1. The molecule has 0 spiro atoms. The van der Waals surface area contributed by atoms with Crippen molar-refractivity contribution in [2.24, 2.45) is 0 Å². The molecule has 0 aliphatic carbocycles. The fraction of sp³-hybridized carbons (Fsp3) is 0.417. The molecule has 33 heavy (non-hydrogen) atoms. The lowest BCUT2D eigenvalue weighted by Crippen LogP contribution is -2.50. The Bertz CT molecular complexity index is 1120. The third-order valence-corrected chi connectivity index (χ3v) is 5.85. The summed E-state index contributed by atoms with van der Waals surface area (Å²) in [5, 5.41) is 4.69. The number of piperazine rings is 1. The van der Waals surface area contributed by atoms with E-state index < -0.39 is 0 Å². The highest BCUT2D eigenvalue weighted by Crippen LogP contribution is 2.23. The van der Waals surface area contributed by atoms with E-state index in [1.807, 2.05) is 11.0 Å². The zero-order valence-electron chi connectivity index (χ0n) is 19.3. The molecule has 1 saturated heterocycles. The van der Waals surface area contributed by atoms with Crippen LogP contribution in [0.2, 0.25) is 0 Å². The smallest absolute Gasteiger partial charge is 0.244 e. The van der Waals surface area contributed by atoms with Gasteiger partial charge in [0.1, 0.15) is 12.4 Å². The molecule has 0 radical (unpaired) electrons. The van der Waals surface area contributed by atoms with Crippen molar-refractivity contribution in [2.45, 2.75) is 33.2 Å². The molecule has 3 heterocycles. The van der Waals surface area contributed by atoms with E-state index in [-0.39, 0.29) is 18.3 Å². The van der Waals surface area contributed by atoms with Crippen LogP contribution in [0.4, 0.5) is 10.3 Å². The molecule has 9 heteroatoms. The molecule has 0 unspecified atom stereocenters. The highest BCUT2D eigenvalue weighted by molar-refractivity contribution is 5.76. The average molecular weight is 453 g/mol. The second-order valence-corrected chi connectivity index (χ2v) is 8.16. The van der Waals surface area contributed by atoms with Gasteiger partial charge in [-0.1, -0.05) is 13.3 Å². The highest BCUT2D eigenvalue weighted by atomic mass is 19.1. The van der Waals surface area contributed by atoms with Crippen LogP contribution in [0.5, 0.6) is 5.88 Å². The highest BCUT2D eigenvalue weighted by Gasteiger charge is 2.24. The third-order valence-electron chi connectivity index (χ3n) is 5.85. The van der Waals surface area contributed by atoms with Gasteiger partial charge >= 0.3 is 0 Å². The molecule has 174 valence electrons. The first-order chi connectivity index (χ1) is 16.0. The lowest BCUT2D eigenvalue weighted by Gasteiger charge is -2.34. The van der Waals surface area contributed by atoms with E-state index >= 15 is 0 Å². The number of amides is 1. The van der Waals surface area contributed by atoms with Crippen molar-refractivity contribution in [1.82, 2.24) is 24.6 Å². The van der Waals surface area contributed by atoms with E-state index in [1.54, 1.807) is 43.1 Å². The van der Waals surface area contributed by atoms with Crippen LogP contribution in [0.3, 0.4) is 0 Å². The Labute approximate surface area is 193 Å². The van der Waals surface area contributed by atoms with Crippen LogP contribution < -0.4 is 9.64 Å². The maximum absolute atomic E-state index is 13.7. The number of methoxy groups -OCH3 is 1. The zero-order chi connectivity index (χ0) is 23.4. The summed E-state index contributed by atoms with van der Waals surface area (Å²) in [5.41, 5.74) is 3.19. The van der Waals surface area contributed by atoms with Crippen molar-refractivity contribution in [3.63, 3.8) is 0 Å². The number of nitrogens with zero attached hydrogens (tertiary/aromatic N) is 6. The number of hydrogen-bond donors (Lipinski definition) is 0. The molecule has 2 aromatic heterocycles. The second kappa shape index (κ2) is 9.97. The predicted molar refractivity (Wildman–Crippen MR) is 124 cm³/mol. The number of rotatable bonds is 7. The van der Waals surface area contributed by atoms with Gasteiger partial charge in [0.2, 0.25) is 17.7 Å². The van der Waals surface area contributed by atoms with Gasteiger partial charge in [-0.25, -0.2) is 9.37 Å². The van der Waals surface area contributed by atoms with Crippen molar-refractivity contribution in [1.29, 1.82) is 0 Å². The molecule has 0 saturated carbocycles. The average Bonchev–Trinajstić information content (AvgIpc) is 3.23. The summed E-state index contributed by atoms with van der Waals surface area (Å²) < 4.78 is 20.6. The number of carbonyl (C=O) groups is 1. The molecule has 1 amide bonds. The monoisotopic (exact) mass is 452 g/mol. The SMILES string of the molecule is CCCc1cc(-c2ccc(F)c(C)c2)nn1CC(=O)N1CCN(c2nccc(OC)n2)CC1. The molecule has 1 aromatic carbocycles. The van der Waals surface area contributed by atoms with Crippen molar-refractivity contribution in [2.75, 3.05) is 38.2 Å². The van der Waals surface area contributed by atoms with E-state index in [0.717, 1.165) is 29.8 Å². The van der Waals surface area contributed by atoms with Crippen LogP contribution in [0.25, 0.3) is 11.3 Å². The van der Waals surface area contributed by atoms with Crippen LogP contribution >= 0.6 is 0 Å². The summed E-state index contributed by atoms with van der Waals surface area (Å²) in [6, 6.07) is 8.69. The molecular weight excluding hydrogens is 423 g/mol. The minimum Gasteiger partial charge on any atom is -0.481 e. The Morgan fingerprint density at radius 2 is 1.94 bits per heavy atom. The first-order valence-electron chi connectivity index (χ1n) is 11.2. The van der Waals surface area contributed by atoms with Gasteiger partial charge in [-0.05, 0) is 43.2 Å². The quantitative estimate of drug-likeness (QED) is 0.548. The summed E-state index contributed by atoms with van der Waals surface area (Å²) in [6.45, 7) is 6.51. The lowest BCUT2D eigenvalue weighted by atomic mass is 10.1. The first kappa shape index (κ1) is 22.7. The molecule has 1 aliphatic rings. The molecule has 0 atom stereocenters.